The van der Waals surface area contributed by atoms with Crippen LogP contribution in [0.3, 0.4) is 0 Å². The van der Waals surface area contributed by atoms with Crippen LogP contribution in [0.15, 0.2) is 89.5 Å². The summed E-state index contributed by atoms with van der Waals surface area (Å²) in [5.41, 5.74) is 0.534. The van der Waals surface area contributed by atoms with Crippen molar-refractivity contribution in [1.82, 2.24) is 4.98 Å². The maximum absolute atomic E-state index is 8.65. The third-order valence-electron chi connectivity index (χ3n) is 6.84. The lowest BCUT2D eigenvalue weighted by atomic mass is 9.87. The highest BCUT2D eigenvalue weighted by molar-refractivity contribution is 6.09. The first-order chi connectivity index (χ1) is 24.7. The van der Waals surface area contributed by atoms with Gasteiger partial charge in [-0.05, 0) is 108 Å². The standard InChI is InChI=1S/C38H37NO/c1-23-11-16-36-34(17-23)29-9-8-10-30(37(29)40-36)35-20-33(26(4)22-39-35)32-19-24(2)31(18-25(32)3)28-14-12-27(13-15-28)21-38(5,6)7/h8-20,22H,21H2,1-7H3/i1D3,2D3,3D3,4D3,21D2. The van der Waals surface area contributed by atoms with Crippen molar-refractivity contribution >= 4 is 21.9 Å². The van der Waals surface area contributed by atoms with Crippen molar-refractivity contribution in [3.05, 3.63) is 113 Å². The van der Waals surface area contributed by atoms with Crippen molar-refractivity contribution in [2.24, 2.45) is 5.41 Å². The first-order valence-corrected chi connectivity index (χ1v) is 13.0. The van der Waals surface area contributed by atoms with Gasteiger partial charge in [-0.2, -0.15) is 0 Å². The monoisotopic (exact) mass is 537 g/mol. The number of benzene rings is 4. The van der Waals surface area contributed by atoms with Crippen LogP contribution in [0.25, 0.3) is 55.4 Å². The van der Waals surface area contributed by atoms with E-state index in [2.05, 4.69) is 4.98 Å². The number of pyridine rings is 1. The fourth-order valence-corrected chi connectivity index (χ4v) is 5.05. The number of fused-ring (bicyclic) bond motifs is 3. The molecule has 2 heterocycles. The minimum absolute atomic E-state index is 0.0605. The number of rotatable bonds is 4. The van der Waals surface area contributed by atoms with Crippen molar-refractivity contribution in [3.63, 3.8) is 0 Å². The van der Waals surface area contributed by atoms with Crippen LogP contribution >= 0.6 is 0 Å². The largest absolute Gasteiger partial charge is 0.455 e. The Kier molecular flexibility index (Phi) is 3.54. The number of aromatic nitrogens is 1. The van der Waals surface area contributed by atoms with E-state index in [4.69, 9.17) is 23.6 Å². The Morgan fingerprint density at radius 3 is 2.23 bits per heavy atom. The molecule has 0 aliphatic rings. The predicted octanol–water partition coefficient (Wildman–Crippen LogP) is 10.8. The van der Waals surface area contributed by atoms with Crippen molar-refractivity contribution in [2.75, 3.05) is 0 Å². The van der Waals surface area contributed by atoms with Crippen LogP contribution in [0.2, 0.25) is 0 Å². The molecule has 0 N–H and O–H groups in total. The van der Waals surface area contributed by atoms with Crippen molar-refractivity contribution in [1.29, 1.82) is 0 Å². The summed E-state index contributed by atoms with van der Waals surface area (Å²) in [5, 5.41) is 1.13. The molecule has 4 aromatic carbocycles. The zero-order valence-electron chi connectivity index (χ0n) is 36.4. The fourth-order valence-electron chi connectivity index (χ4n) is 5.05. The molecular weight excluding hydrogens is 486 g/mol. The number of para-hydroxylation sites is 1. The zero-order valence-corrected chi connectivity index (χ0v) is 22.4. The molecular formula is C38H37NO. The number of furan rings is 1. The van der Waals surface area contributed by atoms with Gasteiger partial charge < -0.3 is 4.42 Å². The topological polar surface area (TPSA) is 26.0 Å². The second-order valence-corrected chi connectivity index (χ2v) is 11.0. The van der Waals surface area contributed by atoms with E-state index in [9.17, 15) is 0 Å². The third-order valence-corrected chi connectivity index (χ3v) is 6.84. The minimum atomic E-state index is -2.84. The van der Waals surface area contributed by atoms with Gasteiger partial charge in [-0.3, -0.25) is 4.98 Å². The van der Waals surface area contributed by atoms with E-state index >= 15 is 0 Å². The van der Waals surface area contributed by atoms with Crippen LogP contribution in [0.1, 0.15) is 67.8 Å². The molecule has 0 spiro atoms. The lowest BCUT2D eigenvalue weighted by Gasteiger charge is -2.19. The molecule has 2 aromatic heterocycles. The molecule has 0 aliphatic carbocycles. The van der Waals surface area contributed by atoms with Crippen LogP contribution < -0.4 is 0 Å². The summed E-state index contributed by atoms with van der Waals surface area (Å²) >= 11 is 0. The van der Waals surface area contributed by atoms with Gasteiger partial charge in [0.15, 0.2) is 0 Å². The molecule has 0 saturated heterocycles. The molecule has 200 valence electrons. The van der Waals surface area contributed by atoms with Gasteiger partial charge in [0, 0.05) is 41.7 Å². The first-order valence-electron chi connectivity index (χ1n) is 20.0. The fraction of sp³-hybridized carbons (Fsp3) is 0.237. The second kappa shape index (κ2) is 9.78. The van der Waals surface area contributed by atoms with Crippen molar-refractivity contribution < 1.29 is 23.6 Å². The van der Waals surface area contributed by atoms with Crippen molar-refractivity contribution in [3.8, 4) is 33.5 Å². The summed E-state index contributed by atoms with van der Waals surface area (Å²) in [7, 11) is 0. The Labute approximate surface area is 257 Å². The molecule has 40 heavy (non-hydrogen) atoms. The number of hydrogen-bond acceptors (Lipinski definition) is 2. The molecule has 6 rings (SSSR count). The average molecular weight is 538 g/mol. The highest BCUT2D eigenvalue weighted by Crippen LogP contribution is 2.39. The molecule has 0 aliphatic heterocycles. The van der Waals surface area contributed by atoms with Gasteiger partial charge in [-0.15, -0.1) is 0 Å². The molecule has 6 aromatic rings. The van der Waals surface area contributed by atoms with E-state index < -0.39 is 39.2 Å². The Bertz CT molecular complexity index is 2390. The van der Waals surface area contributed by atoms with Crippen LogP contribution in [0.4, 0.5) is 0 Å². The van der Waals surface area contributed by atoms with Crippen LogP contribution in [0.5, 0.6) is 0 Å². The maximum atomic E-state index is 8.65. The van der Waals surface area contributed by atoms with Crippen LogP contribution in [-0.2, 0) is 6.37 Å². The van der Waals surface area contributed by atoms with Gasteiger partial charge >= 0.3 is 0 Å². The SMILES string of the molecule is [2H]C([2H])([2H])c1ccc2oc3c(-c4cc(-c5cc(C([2H])([2H])[2H])c(-c6ccc(C([2H])([2H])C(C)(C)C)cc6)cc5C([2H])([2H])[2H])c(C([2H])([2H])[2H])cn4)cccc3c2c1. The maximum Gasteiger partial charge on any atom is 0.144 e. The second-order valence-electron chi connectivity index (χ2n) is 11.0. The van der Waals surface area contributed by atoms with Gasteiger partial charge in [0.05, 0.1) is 5.69 Å². The minimum Gasteiger partial charge on any atom is -0.455 e. The Balaban J connectivity index is 1.61. The Morgan fingerprint density at radius 2 is 1.48 bits per heavy atom. The lowest BCUT2D eigenvalue weighted by Crippen LogP contribution is -2.08. The van der Waals surface area contributed by atoms with Gasteiger partial charge in [-0.25, -0.2) is 0 Å². The lowest BCUT2D eigenvalue weighted by molar-refractivity contribution is 0.411. The quantitative estimate of drug-likeness (QED) is 0.223. The number of aryl methyl sites for hydroxylation is 4. The summed E-state index contributed by atoms with van der Waals surface area (Å²) in [6, 6.07) is 19.8. The van der Waals surface area contributed by atoms with Crippen LogP contribution in [0, 0.1) is 32.8 Å². The molecule has 2 heteroatoms. The van der Waals surface area contributed by atoms with E-state index in [1.165, 1.54) is 30.3 Å². The van der Waals surface area contributed by atoms with Gasteiger partial charge in [-0.1, -0.05) is 80.9 Å². The van der Waals surface area contributed by atoms with Gasteiger partial charge in [0.1, 0.15) is 11.2 Å². The normalized spacial score (nSPS) is 18.8. The highest BCUT2D eigenvalue weighted by Gasteiger charge is 2.17. The smallest absolute Gasteiger partial charge is 0.144 e. The molecule has 0 bridgehead atoms. The molecule has 0 unspecified atom stereocenters. The molecule has 0 fully saturated rings. The Hall–Kier alpha value is -4.17. The predicted molar refractivity (Wildman–Crippen MR) is 170 cm³/mol. The molecule has 0 radical (unpaired) electrons. The molecule has 0 saturated carbocycles. The summed E-state index contributed by atoms with van der Waals surface area (Å²) in [6.45, 7) is -5.46. The highest BCUT2D eigenvalue weighted by atomic mass is 16.3. The van der Waals surface area contributed by atoms with Gasteiger partial charge in [0.25, 0.3) is 0 Å². The number of nitrogens with zero attached hydrogens (tertiary/aromatic N) is 1. The summed E-state index contributed by atoms with van der Waals surface area (Å²) < 4.78 is 123. The van der Waals surface area contributed by atoms with E-state index in [1.54, 1.807) is 69.3 Å². The summed E-state index contributed by atoms with van der Waals surface area (Å²) in [5.74, 6) is 0. The van der Waals surface area contributed by atoms with E-state index in [0.717, 1.165) is 6.20 Å². The Morgan fingerprint density at radius 1 is 0.725 bits per heavy atom. The van der Waals surface area contributed by atoms with Crippen molar-refractivity contribution in [2.45, 2.75) is 54.6 Å². The van der Waals surface area contributed by atoms with E-state index in [1.807, 2.05) is 0 Å². The molecule has 2 nitrogen and oxygen atoms in total. The third kappa shape index (κ3) is 4.84. The summed E-state index contributed by atoms with van der Waals surface area (Å²) in [4.78, 5) is 4.46. The molecule has 0 amide bonds. The van der Waals surface area contributed by atoms with Crippen LogP contribution in [-0.4, -0.2) is 4.98 Å². The zero-order chi connectivity index (χ0) is 40.0. The summed E-state index contributed by atoms with van der Waals surface area (Å²) in [6.07, 6.45) is -0.607. The molecule has 0 atom stereocenters. The first kappa shape index (κ1) is 14.5. The van der Waals surface area contributed by atoms with Gasteiger partial charge in [0.2, 0.25) is 0 Å². The van der Waals surface area contributed by atoms with E-state index in [-0.39, 0.29) is 44.6 Å². The van der Waals surface area contributed by atoms with E-state index in [0.29, 0.717) is 38.6 Å². The number of hydrogen-bond donors (Lipinski definition) is 0. The average Bonchev–Trinajstić information content (AvgIpc) is 3.44.